The van der Waals surface area contributed by atoms with Gasteiger partial charge in [-0.25, -0.2) is 0 Å². The Labute approximate surface area is 85.2 Å². The van der Waals surface area contributed by atoms with Crippen molar-refractivity contribution in [1.29, 1.82) is 0 Å². The second kappa shape index (κ2) is 3.70. The van der Waals surface area contributed by atoms with Gasteiger partial charge in [0.25, 0.3) is 0 Å². The summed E-state index contributed by atoms with van der Waals surface area (Å²) in [7, 11) is 1.98. The second-order valence-corrected chi connectivity index (χ2v) is 4.31. The van der Waals surface area contributed by atoms with Gasteiger partial charge in [0.2, 0.25) is 0 Å². The van der Waals surface area contributed by atoms with Crippen molar-refractivity contribution in [3.05, 3.63) is 0 Å². The van der Waals surface area contributed by atoms with Crippen molar-refractivity contribution in [2.24, 2.45) is 5.10 Å². The third kappa shape index (κ3) is 1.88. The molecule has 2 aliphatic rings. The molecular weight excluding hydrogens is 182 g/mol. The Balaban J connectivity index is 1.97. The minimum Gasteiger partial charge on any atom is -0.741 e. The van der Waals surface area contributed by atoms with Crippen molar-refractivity contribution >= 4 is 17.8 Å². The van der Waals surface area contributed by atoms with Crippen LogP contribution in [0.5, 0.6) is 0 Å². The number of rotatable bonds is 1. The lowest BCUT2D eigenvalue weighted by molar-refractivity contribution is 0.195. The molecule has 0 aromatic rings. The number of amidine groups is 1. The molecule has 0 aromatic carbocycles. The summed E-state index contributed by atoms with van der Waals surface area (Å²) in [6, 6.07) is 0.662. The molecule has 13 heavy (non-hydrogen) atoms. The highest BCUT2D eigenvalue weighted by Crippen LogP contribution is 2.24. The fourth-order valence-corrected chi connectivity index (χ4v) is 2.53. The number of hydrogen-bond donors (Lipinski definition) is 0. The molecule has 0 saturated heterocycles. The molecule has 0 unspecified atom stereocenters. The van der Waals surface area contributed by atoms with Crippen LogP contribution < -0.4 is 0 Å². The lowest BCUT2D eigenvalue weighted by Crippen LogP contribution is -2.39. The van der Waals surface area contributed by atoms with Gasteiger partial charge in [-0.3, -0.25) is 5.01 Å². The molecule has 1 saturated carbocycles. The quantitative estimate of drug-likeness (QED) is 0.593. The first-order valence-electron chi connectivity index (χ1n) is 5.01. The molecule has 1 aliphatic heterocycles. The van der Waals surface area contributed by atoms with Crippen LogP contribution in [0.3, 0.4) is 0 Å². The van der Waals surface area contributed by atoms with Crippen molar-refractivity contribution in [2.75, 3.05) is 13.7 Å². The van der Waals surface area contributed by atoms with Crippen molar-refractivity contribution in [3.63, 3.8) is 0 Å². The highest BCUT2D eigenvalue weighted by Gasteiger charge is 2.23. The summed E-state index contributed by atoms with van der Waals surface area (Å²) in [6.07, 6.45) is 6.69. The van der Waals surface area contributed by atoms with Gasteiger partial charge in [-0.05, 0) is 12.8 Å². The van der Waals surface area contributed by atoms with E-state index in [1.54, 1.807) is 0 Å². The Hall–Kier alpha value is -0.510. The van der Waals surface area contributed by atoms with Crippen LogP contribution in [0.15, 0.2) is 5.10 Å². The van der Waals surface area contributed by atoms with E-state index in [2.05, 4.69) is 10.0 Å². The first-order chi connectivity index (χ1) is 6.27. The topological polar surface area (TPSA) is 18.8 Å². The van der Waals surface area contributed by atoms with Crippen LogP contribution in [0.25, 0.3) is 0 Å². The van der Waals surface area contributed by atoms with Crippen LogP contribution in [-0.2, 0) is 12.6 Å². The highest BCUT2D eigenvalue weighted by molar-refractivity contribution is 7.77. The first kappa shape index (κ1) is 9.06. The highest BCUT2D eigenvalue weighted by atomic mass is 32.1. The van der Waals surface area contributed by atoms with Gasteiger partial charge in [0.1, 0.15) is 6.67 Å². The maximum absolute atomic E-state index is 5.22. The fraction of sp³-hybridized carbons (Fsp3) is 0.889. The van der Waals surface area contributed by atoms with E-state index in [0.29, 0.717) is 6.04 Å². The van der Waals surface area contributed by atoms with Gasteiger partial charge in [0.15, 0.2) is 0 Å². The van der Waals surface area contributed by atoms with Gasteiger partial charge in [-0.2, -0.15) is 5.10 Å². The Kier molecular flexibility index (Phi) is 2.58. The molecule has 2 rings (SSSR count). The predicted octanol–water partition coefficient (Wildman–Crippen LogP) is 1.34. The van der Waals surface area contributed by atoms with E-state index < -0.39 is 0 Å². The van der Waals surface area contributed by atoms with Gasteiger partial charge in [0.05, 0.1) is 0 Å². The van der Waals surface area contributed by atoms with Crippen LogP contribution in [0, 0.1) is 0 Å². The van der Waals surface area contributed by atoms with E-state index in [1.807, 2.05) is 12.1 Å². The molecule has 74 valence electrons. The molecule has 0 radical (unpaired) electrons. The van der Waals surface area contributed by atoms with Crippen molar-refractivity contribution < 1.29 is 0 Å². The summed E-state index contributed by atoms with van der Waals surface area (Å²) in [6.45, 7) is 0.892. The van der Waals surface area contributed by atoms with Crippen LogP contribution in [0.1, 0.15) is 32.1 Å². The molecule has 1 heterocycles. The summed E-state index contributed by atoms with van der Waals surface area (Å²) in [5, 5.41) is 6.95. The Morgan fingerprint density at radius 3 is 2.54 bits per heavy atom. The molecule has 0 bridgehead atoms. The van der Waals surface area contributed by atoms with Crippen molar-refractivity contribution in [2.45, 2.75) is 38.1 Å². The molecule has 4 heteroatoms. The monoisotopic (exact) mass is 198 g/mol. The Morgan fingerprint density at radius 1 is 1.31 bits per heavy atom. The SMILES string of the molecule is CN1CN(C2CCCCC2)C([S-])=N1. The zero-order chi connectivity index (χ0) is 9.26. The van der Waals surface area contributed by atoms with Gasteiger partial charge in [0, 0.05) is 18.3 Å². The second-order valence-electron chi connectivity index (χ2n) is 3.94. The van der Waals surface area contributed by atoms with Crippen molar-refractivity contribution in [1.82, 2.24) is 9.91 Å². The van der Waals surface area contributed by atoms with E-state index >= 15 is 0 Å². The summed E-state index contributed by atoms with van der Waals surface area (Å²) in [5.74, 6) is 0. The van der Waals surface area contributed by atoms with E-state index in [0.717, 1.165) is 11.8 Å². The van der Waals surface area contributed by atoms with E-state index in [4.69, 9.17) is 12.6 Å². The maximum atomic E-state index is 5.22. The average molecular weight is 198 g/mol. The number of hydrogen-bond acceptors (Lipinski definition) is 4. The van der Waals surface area contributed by atoms with Gasteiger partial charge in [-0.15, -0.1) is 0 Å². The maximum Gasteiger partial charge on any atom is 0.106 e. The van der Waals surface area contributed by atoms with Crippen LogP contribution in [0.2, 0.25) is 0 Å². The third-order valence-corrected chi connectivity index (χ3v) is 3.19. The molecule has 1 fully saturated rings. The molecular formula is C9H16N3S-. The molecule has 0 aromatic heterocycles. The minimum atomic E-state index is 0.662. The fourth-order valence-electron chi connectivity index (χ4n) is 2.18. The van der Waals surface area contributed by atoms with Crippen molar-refractivity contribution in [3.8, 4) is 0 Å². The van der Waals surface area contributed by atoms with Crippen LogP contribution >= 0.6 is 0 Å². The Bertz CT molecular complexity index is 211. The number of nitrogens with zero attached hydrogens (tertiary/aromatic N) is 3. The molecule has 0 amide bonds. The summed E-state index contributed by atoms with van der Waals surface area (Å²) in [5.41, 5.74) is 0. The molecule has 1 aliphatic carbocycles. The number of hydrazone groups is 1. The lowest BCUT2D eigenvalue weighted by atomic mass is 9.95. The van der Waals surface area contributed by atoms with Gasteiger partial charge < -0.3 is 17.5 Å². The molecule has 0 spiro atoms. The van der Waals surface area contributed by atoms with E-state index in [-0.39, 0.29) is 0 Å². The molecule has 0 N–H and O–H groups in total. The first-order valence-corrected chi connectivity index (χ1v) is 5.41. The predicted molar refractivity (Wildman–Crippen MR) is 56.1 cm³/mol. The Morgan fingerprint density at radius 2 is 2.00 bits per heavy atom. The van der Waals surface area contributed by atoms with Gasteiger partial charge >= 0.3 is 0 Å². The van der Waals surface area contributed by atoms with E-state index in [9.17, 15) is 0 Å². The van der Waals surface area contributed by atoms with Gasteiger partial charge in [-0.1, -0.05) is 19.3 Å². The molecule has 3 nitrogen and oxygen atoms in total. The lowest BCUT2D eigenvalue weighted by Gasteiger charge is -2.35. The summed E-state index contributed by atoms with van der Waals surface area (Å²) < 4.78 is 0. The van der Waals surface area contributed by atoms with E-state index in [1.165, 1.54) is 32.1 Å². The normalized spacial score (nSPS) is 25.2. The zero-order valence-corrected chi connectivity index (χ0v) is 8.89. The van der Waals surface area contributed by atoms with Crippen LogP contribution in [-0.4, -0.2) is 34.8 Å². The largest absolute Gasteiger partial charge is 0.741 e. The standard InChI is InChI=1S/C9H17N3S/c1-11-7-12(9(13)10-11)8-5-3-2-4-6-8/h8H,2-7H2,1H3,(H,10,13)/p-1. The summed E-state index contributed by atoms with van der Waals surface area (Å²) >= 11 is 5.22. The molecule has 0 atom stereocenters. The summed E-state index contributed by atoms with van der Waals surface area (Å²) in [4.78, 5) is 2.27. The smallest absolute Gasteiger partial charge is 0.106 e. The third-order valence-electron chi connectivity index (χ3n) is 2.87. The average Bonchev–Trinajstić information content (AvgIpc) is 2.47. The zero-order valence-electron chi connectivity index (χ0n) is 8.07. The van der Waals surface area contributed by atoms with Crippen LogP contribution in [0.4, 0.5) is 0 Å². The minimum absolute atomic E-state index is 0.662.